The molecule has 1 aromatic heterocycles. The van der Waals surface area contributed by atoms with E-state index in [0.29, 0.717) is 18.9 Å². The van der Waals surface area contributed by atoms with Gasteiger partial charge in [-0.1, -0.05) is 36.4 Å². The molecule has 2 heterocycles. The Kier molecular flexibility index (Phi) is 6.19. The van der Waals surface area contributed by atoms with Crippen molar-refractivity contribution in [2.45, 2.75) is 32.3 Å². The van der Waals surface area contributed by atoms with Crippen LogP contribution in [0.5, 0.6) is 0 Å². The molecule has 26 heavy (non-hydrogen) atoms. The first-order valence-electron chi connectivity index (χ1n) is 8.81. The normalized spacial score (nSPS) is 16.5. The summed E-state index contributed by atoms with van der Waals surface area (Å²) in [6, 6.07) is 9.61. The number of amides is 1. The maximum Gasteiger partial charge on any atom is 0.414 e. The summed E-state index contributed by atoms with van der Waals surface area (Å²) >= 11 is 0. The first kappa shape index (κ1) is 17.9. The van der Waals surface area contributed by atoms with Gasteiger partial charge in [0, 0.05) is 19.2 Å². The SMILES string of the molecule is O=C(CCCC1C=CN(C(=O)OCc2ccccc2)CC1)c1ncco1. The summed E-state index contributed by atoms with van der Waals surface area (Å²) in [4.78, 5) is 29.4. The van der Waals surface area contributed by atoms with Gasteiger partial charge in [0.2, 0.25) is 5.78 Å². The van der Waals surface area contributed by atoms with E-state index in [2.05, 4.69) is 4.98 Å². The molecular weight excluding hydrogens is 332 g/mol. The van der Waals surface area contributed by atoms with Crippen LogP contribution in [0, 0.1) is 5.92 Å². The lowest BCUT2D eigenvalue weighted by molar-refractivity contribution is 0.0944. The fourth-order valence-corrected chi connectivity index (χ4v) is 2.89. The number of Topliss-reactive ketones (excluding diaryl/α,β-unsaturated/α-hetero) is 1. The van der Waals surface area contributed by atoms with Crippen LogP contribution >= 0.6 is 0 Å². The maximum atomic E-state index is 12.1. The third-order valence-corrected chi connectivity index (χ3v) is 4.37. The minimum absolute atomic E-state index is 0.0686. The van der Waals surface area contributed by atoms with Gasteiger partial charge in [0.25, 0.3) is 5.89 Å². The molecule has 0 saturated carbocycles. The van der Waals surface area contributed by atoms with Crippen LogP contribution in [0.2, 0.25) is 0 Å². The minimum Gasteiger partial charge on any atom is -0.444 e. The van der Waals surface area contributed by atoms with Crippen molar-refractivity contribution < 1.29 is 18.7 Å². The third kappa shape index (κ3) is 5.05. The van der Waals surface area contributed by atoms with Gasteiger partial charge in [0.1, 0.15) is 12.9 Å². The van der Waals surface area contributed by atoms with Crippen molar-refractivity contribution in [1.82, 2.24) is 9.88 Å². The number of aromatic nitrogens is 1. The summed E-state index contributed by atoms with van der Waals surface area (Å²) in [5.41, 5.74) is 0.968. The molecule has 1 aliphatic heterocycles. The zero-order valence-electron chi connectivity index (χ0n) is 14.5. The Hall–Kier alpha value is -2.89. The molecule has 136 valence electrons. The van der Waals surface area contributed by atoms with E-state index in [9.17, 15) is 9.59 Å². The van der Waals surface area contributed by atoms with Crippen molar-refractivity contribution in [2.75, 3.05) is 6.54 Å². The van der Waals surface area contributed by atoms with Gasteiger partial charge in [-0.05, 0) is 30.7 Å². The standard InChI is InChI=1S/C20H22N2O4/c23-18(19-21-11-14-25-19)8-4-7-16-9-12-22(13-10-16)20(24)26-15-17-5-2-1-3-6-17/h1-3,5-6,9,11-12,14,16H,4,7-8,10,13,15H2. The smallest absolute Gasteiger partial charge is 0.414 e. The number of carbonyl (C=O) groups is 2. The van der Waals surface area contributed by atoms with Gasteiger partial charge < -0.3 is 9.15 Å². The molecule has 0 bridgehead atoms. The summed E-state index contributed by atoms with van der Waals surface area (Å²) in [6.45, 7) is 0.902. The van der Waals surface area contributed by atoms with Crippen LogP contribution in [0.1, 0.15) is 41.9 Å². The summed E-state index contributed by atoms with van der Waals surface area (Å²) in [5.74, 6) is 0.475. The molecule has 0 radical (unpaired) electrons. The largest absolute Gasteiger partial charge is 0.444 e. The molecule has 6 heteroatoms. The van der Waals surface area contributed by atoms with Crippen molar-refractivity contribution in [3.63, 3.8) is 0 Å². The lowest BCUT2D eigenvalue weighted by atomic mass is 9.95. The summed E-state index contributed by atoms with van der Waals surface area (Å²) in [5, 5.41) is 0. The number of oxazole rings is 1. The monoisotopic (exact) mass is 354 g/mol. The molecule has 2 aromatic rings. The second-order valence-electron chi connectivity index (χ2n) is 6.28. The van der Waals surface area contributed by atoms with E-state index in [-0.39, 0.29) is 24.4 Å². The van der Waals surface area contributed by atoms with Gasteiger partial charge >= 0.3 is 6.09 Å². The highest BCUT2D eigenvalue weighted by Gasteiger charge is 2.20. The average Bonchev–Trinajstić information content (AvgIpc) is 3.22. The van der Waals surface area contributed by atoms with Gasteiger partial charge in [0.05, 0.1) is 6.20 Å². The first-order valence-corrected chi connectivity index (χ1v) is 8.81. The molecule has 1 aliphatic rings. The molecule has 1 aromatic carbocycles. The van der Waals surface area contributed by atoms with E-state index < -0.39 is 0 Å². The van der Waals surface area contributed by atoms with E-state index in [1.54, 1.807) is 11.1 Å². The van der Waals surface area contributed by atoms with Crippen LogP contribution in [-0.2, 0) is 11.3 Å². The number of ketones is 1. The molecule has 1 unspecified atom stereocenters. The molecule has 0 aliphatic carbocycles. The van der Waals surface area contributed by atoms with Gasteiger partial charge in [-0.25, -0.2) is 9.78 Å². The van der Waals surface area contributed by atoms with E-state index in [4.69, 9.17) is 9.15 Å². The Labute approximate surface area is 152 Å². The number of nitrogens with zero attached hydrogens (tertiary/aromatic N) is 2. The molecular formula is C20H22N2O4. The maximum absolute atomic E-state index is 12.1. The number of allylic oxidation sites excluding steroid dienone is 1. The summed E-state index contributed by atoms with van der Waals surface area (Å²) in [7, 11) is 0. The highest BCUT2D eigenvalue weighted by atomic mass is 16.6. The topological polar surface area (TPSA) is 72.6 Å². The second kappa shape index (κ2) is 8.99. The molecule has 0 N–H and O–H groups in total. The fraction of sp³-hybridized carbons (Fsp3) is 0.350. The van der Waals surface area contributed by atoms with Crippen LogP contribution in [-0.4, -0.2) is 28.3 Å². The first-order chi connectivity index (χ1) is 12.7. The Bertz CT molecular complexity index is 740. The van der Waals surface area contributed by atoms with E-state index >= 15 is 0 Å². The van der Waals surface area contributed by atoms with Crippen LogP contribution in [0.4, 0.5) is 4.79 Å². The molecule has 0 saturated heterocycles. The van der Waals surface area contributed by atoms with Crippen molar-refractivity contribution in [2.24, 2.45) is 5.92 Å². The molecule has 3 rings (SSSR count). The van der Waals surface area contributed by atoms with Gasteiger partial charge in [-0.15, -0.1) is 0 Å². The van der Waals surface area contributed by atoms with Crippen LogP contribution in [0.3, 0.4) is 0 Å². The van der Waals surface area contributed by atoms with Gasteiger partial charge in [0.15, 0.2) is 0 Å². The number of hydrogen-bond acceptors (Lipinski definition) is 5. The predicted molar refractivity (Wildman–Crippen MR) is 95.3 cm³/mol. The Balaban J connectivity index is 1.37. The zero-order valence-corrected chi connectivity index (χ0v) is 14.5. The minimum atomic E-state index is -0.331. The van der Waals surface area contributed by atoms with Gasteiger partial charge in [-0.2, -0.15) is 0 Å². The predicted octanol–water partition coefficient (Wildman–Crippen LogP) is 4.20. The fourth-order valence-electron chi connectivity index (χ4n) is 2.89. The van der Waals surface area contributed by atoms with Crippen molar-refractivity contribution in [3.05, 3.63) is 66.5 Å². The number of ether oxygens (including phenoxy) is 1. The molecule has 1 amide bonds. The van der Waals surface area contributed by atoms with E-state index in [0.717, 1.165) is 24.8 Å². The van der Waals surface area contributed by atoms with Crippen molar-refractivity contribution in [1.29, 1.82) is 0 Å². The Morgan fingerprint density at radius 1 is 1.27 bits per heavy atom. The van der Waals surface area contributed by atoms with Crippen molar-refractivity contribution in [3.8, 4) is 0 Å². The number of benzene rings is 1. The van der Waals surface area contributed by atoms with Crippen molar-refractivity contribution >= 4 is 11.9 Å². The lowest BCUT2D eigenvalue weighted by Gasteiger charge is -2.25. The van der Waals surface area contributed by atoms with Crippen LogP contribution in [0.25, 0.3) is 0 Å². The Morgan fingerprint density at radius 3 is 2.81 bits per heavy atom. The number of hydrogen-bond donors (Lipinski definition) is 0. The lowest BCUT2D eigenvalue weighted by Crippen LogP contribution is -2.31. The van der Waals surface area contributed by atoms with Gasteiger partial charge in [-0.3, -0.25) is 9.69 Å². The number of rotatable bonds is 7. The van der Waals surface area contributed by atoms with E-state index in [1.807, 2.05) is 36.4 Å². The summed E-state index contributed by atoms with van der Waals surface area (Å²) < 4.78 is 10.3. The average molecular weight is 354 g/mol. The Morgan fingerprint density at radius 2 is 2.12 bits per heavy atom. The van der Waals surface area contributed by atoms with E-state index in [1.165, 1.54) is 12.5 Å². The molecule has 1 atom stereocenters. The third-order valence-electron chi connectivity index (χ3n) is 4.37. The highest BCUT2D eigenvalue weighted by molar-refractivity contribution is 5.91. The zero-order chi connectivity index (χ0) is 18.2. The molecule has 6 nitrogen and oxygen atoms in total. The molecule has 0 fully saturated rings. The summed E-state index contributed by atoms with van der Waals surface area (Å²) in [6.07, 6.45) is 9.32. The second-order valence-corrected chi connectivity index (χ2v) is 6.28. The number of carbonyl (C=O) groups excluding carboxylic acids is 2. The highest BCUT2D eigenvalue weighted by Crippen LogP contribution is 2.21. The van der Waals surface area contributed by atoms with Crippen LogP contribution in [0.15, 0.2) is 59.5 Å². The quantitative estimate of drug-likeness (QED) is 0.697. The van der Waals surface area contributed by atoms with Crippen LogP contribution < -0.4 is 0 Å². The molecule has 0 spiro atoms.